The van der Waals surface area contributed by atoms with Crippen LogP contribution in [-0.2, 0) is 0 Å². The minimum atomic E-state index is -0.136. The number of aryl methyl sites for hydroxylation is 1. The number of benzene rings is 1. The molecule has 80 valence electrons. The fourth-order valence-electron chi connectivity index (χ4n) is 1.49. The molecule has 1 aliphatic rings. The van der Waals surface area contributed by atoms with E-state index in [1.54, 1.807) is 13.0 Å². The molecule has 0 atom stereocenters. The largest absolute Gasteiger partial charge is 0.311 e. The van der Waals surface area contributed by atoms with Crippen molar-refractivity contribution in [3.8, 4) is 0 Å². The van der Waals surface area contributed by atoms with Crippen LogP contribution in [0.4, 0.5) is 4.39 Å². The minimum Gasteiger partial charge on any atom is -0.311 e. The van der Waals surface area contributed by atoms with E-state index in [0.29, 0.717) is 5.56 Å². The molecule has 1 aromatic carbocycles. The molecule has 0 unspecified atom stereocenters. The van der Waals surface area contributed by atoms with Crippen LogP contribution < -0.4 is 5.32 Å². The van der Waals surface area contributed by atoms with Crippen molar-refractivity contribution in [1.82, 2.24) is 5.32 Å². The molecule has 1 nitrogen and oxygen atoms in total. The summed E-state index contributed by atoms with van der Waals surface area (Å²) < 4.78 is 13.0. The molecule has 1 fully saturated rings. The highest BCUT2D eigenvalue weighted by Crippen LogP contribution is 2.18. The number of hydrogen-bond acceptors (Lipinski definition) is 1. The van der Waals surface area contributed by atoms with E-state index in [1.807, 2.05) is 12.1 Å². The smallest absolute Gasteiger partial charge is 0.126 e. The van der Waals surface area contributed by atoms with E-state index < -0.39 is 0 Å². The maximum absolute atomic E-state index is 13.0. The van der Waals surface area contributed by atoms with Crippen LogP contribution in [0.2, 0.25) is 0 Å². The number of hydrogen-bond donors (Lipinski definition) is 1. The third-order valence-corrected chi connectivity index (χ3v) is 2.59. The summed E-state index contributed by atoms with van der Waals surface area (Å²) in [5, 5.41) is 3.39. The van der Waals surface area contributed by atoms with Gasteiger partial charge < -0.3 is 5.32 Å². The molecule has 15 heavy (non-hydrogen) atoms. The molecular weight excluding hydrogens is 189 g/mol. The number of halogens is 1. The quantitative estimate of drug-likeness (QED) is 0.797. The molecular formula is C13H16FN. The fourth-order valence-corrected chi connectivity index (χ4v) is 1.49. The van der Waals surface area contributed by atoms with Crippen LogP contribution in [0.25, 0.3) is 6.08 Å². The van der Waals surface area contributed by atoms with Crippen molar-refractivity contribution in [2.75, 3.05) is 6.54 Å². The van der Waals surface area contributed by atoms with E-state index >= 15 is 0 Å². The molecule has 2 rings (SSSR count). The van der Waals surface area contributed by atoms with Crippen LogP contribution in [0, 0.1) is 12.7 Å². The van der Waals surface area contributed by atoms with E-state index in [-0.39, 0.29) is 5.82 Å². The summed E-state index contributed by atoms with van der Waals surface area (Å²) >= 11 is 0. The standard InChI is InChI=1S/C13H16FN/c1-10-9-11(4-7-13(10)14)3-2-8-15-12-5-6-12/h2-4,7,9,12,15H,5-6,8H2,1H3. The Labute approximate surface area is 90.0 Å². The lowest BCUT2D eigenvalue weighted by Crippen LogP contribution is -2.15. The molecule has 0 bridgehead atoms. The van der Waals surface area contributed by atoms with E-state index in [4.69, 9.17) is 0 Å². The molecule has 0 aromatic heterocycles. The van der Waals surface area contributed by atoms with Crippen LogP contribution >= 0.6 is 0 Å². The Hall–Kier alpha value is -1.15. The van der Waals surface area contributed by atoms with Crippen molar-refractivity contribution in [2.24, 2.45) is 0 Å². The van der Waals surface area contributed by atoms with Crippen molar-refractivity contribution in [2.45, 2.75) is 25.8 Å². The first-order valence-electron chi connectivity index (χ1n) is 5.42. The second kappa shape index (κ2) is 4.58. The van der Waals surface area contributed by atoms with Gasteiger partial charge in [-0.25, -0.2) is 4.39 Å². The van der Waals surface area contributed by atoms with Gasteiger partial charge in [0.05, 0.1) is 0 Å². The monoisotopic (exact) mass is 205 g/mol. The molecule has 0 amide bonds. The lowest BCUT2D eigenvalue weighted by molar-refractivity contribution is 0.618. The molecule has 0 saturated heterocycles. The summed E-state index contributed by atoms with van der Waals surface area (Å²) in [5.74, 6) is -0.136. The third kappa shape index (κ3) is 3.17. The van der Waals surface area contributed by atoms with Crippen molar-refractivity contribution < 1.29 is 4.39 Å². The molecule has 0 radical (unpaired) electrons. The Morgan fingerprint density at radius 2 is 2.27 bits per heavy atom. The highest BCUT2D eigenvalue weighted by Gasteiger charge is 2.18. The highest BCUT2D eigenvalue weighted by atomic mass is 19.1. The second-order valence-corrected chi connectivity index (χ2v) is 4.09. The first kappa shape index (κ1) is 10.4. The normalized spacial score (nSPS) is 16.1. The molecule has 1 aliphatic carbocycles. The predicted octanol–water partition coefficient (Wildman–Crippen LogP) is 2.90. The van der Waals surface area contributed by atoms with Gasteiger partial charge in [0, 0.05) is 12.6 Å². The van der Waals surface area contributed by atoms with E-state index in [0.717, 1.165) is 18.2 Å². The maximum Gasteiger partial charge on any atom is 0.126 e. The molecule has 1 saturated carbocycles. The van der Waals surface area contributed by atoms with Gasteiger partial charge in [-0.3, -0.25) is 0 Å². The molecule has 0 heterocycles. The fraction of sp³-hybridized carbons (Fsp3) is 0.385. The van der Waals surface area contributed by atoms with Crippen LogP contribution in [0.5, 0.6) is 0 Å². The lowest BCUT2D eigenvalue weighted by atomic mass is 10.1. The van der Waals surface area contributed by atoms with Crippen LogP contribution in [-0.4, -0.2) is 12.6 Å². The Kier molecular flexibility index (Phi) is 3.17. The summed E-state index contributed by atoms with van der Waals surface area (Å²) in [6.45, 7) is 2.69. The zero-order valence-corrected chi connectivity index (χ0v) is 8.96. The van der Waals surface area contributed by atoms with Gasteiger partial charge in [-0.05, 0) is 43.0 Å². The van der Waals surface area contributed by atoms with Gasteiger partial charge in [-0.15, -0.1) is 0 Å². The SMILES string of the molecule is Cc1cc(C=CCNC2CC2)ccc1F. The molecule has 0 aliphatic heterocycles. The Bertz CT molecular complexity index is 367. The Morgan fingerprint density at radius 1 is 1.47 bits per heavy atom. The molecule has 2 heteroatoms. The summed E-state index contributed by atoms with van der Waals surface area (Å²) in [7, 11) is 0. The zero-order valence-electron chi connectivity index (χ0n) is 8.96. The molecule has 0 spiro atoms. The van der Waals surface area contributed by atoms with Crippen LogP contribution in [0.15, 0.2) is 24.3 Å². The lowest BCUT2D eigenvalue weighted by Gasteiger charge is -1.99. The molecule has 1 N–H and O–H groups in total. The maximum atomic E-state index is 13.0. The van der Waals surface area contributed by atoms with Gasteiger partial charge >= 0.3 is 0 Å². The van der Waals surface area contributed by atoms with Gasteiger partial charge in [0.15, 0.2) is 0 Å². The second-order valence-electron chi connectivity index (χ2n) is 4.09. The summed E-state index contributed by atoms with van der Waals surface area (Å²) in [6, 6.07) is 5.92. The van der Waals surface area contributed by atoms with Crippen LogP contribution in [0.1, 0.15) is 24.0 Å². The van der Waals surface area contributed by atoms with Crippen molar-refractivity contribution in [1.29, 1.82) is 0 Å². The van der Waals surface area contributed by atoms with Gasteiger partial charge in [-0.1, -0.05) is 18.2 Å². The molecule has 1 aromatic rings. The topological polar surface area (TPSA) is 12.0 Å². The summed E-state index contributed by atoms with van der Waals surface area (Å²) in [4.78, 5) is 0. The Morgan fingerprint density at radius 3 is 2.93 bits per heavy atom. The first-order chi connectivity index (χ1) is 7.25. The van der Waals surface area contributed by atoms with Gasteiger partial charge in [0.25, 0.3) is 0 Å². The van der Waals surface area contributed by atoms with Crippen molar-refractivity contribution >= 4 is 6.08 Å². The van der Waals surface area contributed by atoms with Gasteiger partial charge in [-0.2, -0.15) is 0 Å². The first-order valence-corrected chi connectivity index (χ1v) is 5.42. The van der Waals surface area contributed by atoms with Gasteiger partial charge in [0.2, 0.25) is 0 Å². The van der Waals surface area contributed by atoms with E-state index in [2.05, 4.69) is 11.4 Å². The number of nitrogens with one attached hydrogen (secondary N) is 1. The predicted molar refractivity (Wildman–Crippen MR) is 61.2 cm³/mol. The average molecular weight is 205 g/mol. The van der Waals surface area contributed by atoms with Gasteiger partial charge in [0.1, 0.15) is 5.82 Å². The third-order valence-electron chi connectivity index (χ3n) is 2.59. The average Bonchev–Trinajstić information content (AvgIpc) is 3.02. The van der Waals surface area contributed by atoms with Crippen molar-refractivity contribution in [3.05, 3.63) is 41.2 Å². The minimum absolute atomic E-state index is 0.136. The van der Waals surface area contributed by atoms with Crippen LogP contribution in [0.3, 0.4) is 0 Å². The van der Waals surface area contributed by atoms with Crippen molar-refractivity contribution in [3.63, 3.8) is 0 Å². The zero-order chi connectivity index (χ0) is 10.7. The van der Waals surface area contributed by atoms with E-state index in [1.165, 1.54) is 18.9 Å². The number of rotatable bonds is 4. The summed E-state index contributed by atoms with van der Waals surface area (Å²) in [6.07, 6.45) is 6.74. The van der Waals surface area contributed by atoms with E-state index in [9.17, 15) is 4.39 Å². The highest BCUT2D eigenvalue weighted by molar-refractivity contribution is 5.50. The Balaban J connectivity index is 1.88. The summed E-state index contributed by atoms with van der Waals surface area (Å²) in [5.41, 5.74) is 1.76.